The molecule has 2 amide bonds. The van der Waals surface area contributed by atoms with Gasteiger partial charge in [0.15, 0.2) is 5.75 Å². The third-order valence-electron chi connectivity index (χ3n) is 4.03. The number of carboxylic acid groups (broad SMARTS) is 1. The summed E-state index contributed by atoms with van der Waals surface area (Å²) < 4.78 is 0.666. The summed E-state index contributed by atoms with van der Waals surface area (Å²) >= 11 is 12.0. The quantitative estimate of drug-likeness (QED) is 0.409. The lowest BCUT2D eigenvalue weighted by molar-refractivity contribution is -0.135. The van der Waals surface area contributed by atoms with E-state index in [2.05, 4.69) is 5.32 Å². The van der Waals surface area contributed by atoms with Crippen LogP contribution in [-0.2, 0) is 11.3 Å². The molecule has 1 aromatic heterocycles. The summed E-state index contributed by atoms with van der Waals surface area (Å²) in [6.45, 7) is 2.03. The van der Waals surface area contributed by atoms with E-state index in [1.165, 1.54) is 18.2 Å². The van der Waals surface area contributed by atoms with Crippen molar-refractivity contribution in [3.8, 4) is 11.6 Å². The highest BCUT2D eigenvalue weighted by atomic mass is 35.5. The molecule has 0 aliphatic carbocycles. The number of carbonyl (C=O) groups excluding carboxylic acids is 2. The molecule has 166 valence electrons. The Hall–Kier alpha value is -3.24. The zero-order valence-corrected chi connectivity index (χ0v) is 17.9. The fourth-order valence-corrected chi connectivity index (χ4v) is 3.13. The Labute approximate surface area is 186 Å². The lowest BCUT2D eigenvalue weighted by Crippen LogP contribution is -2.38. The number of carbonyl (C=O) groups is 3. The number of benzene rings is 1. The minimum absolute atomic E-state index is 0.150. The molecular weight excluding hydrogens is 453 g/mol. The molecule has 2 aromatic rings. The second kappa shape index (κ2) is 9.71. The molecule has 1 aromatic carbocycles. The molecule has 12 heteroatoms. The van der Waals surface area contributed by atoms with Crippen molar-refractivity contribution in [2.75, 3.05) is 6.54 Å². The van der Waals surface area contributed by atoms with Crippen LogP contribution in [0, 0.1) is 0 Å². The molecule has 0 saturated carbocycles. The number of halogens is 2. The molecule has 2 rings (SSSR count). The second-order valence-electron chi connectivity index (χ2n) is 6.75. The van der Waals surface area contributed by atoms with Gasteiger partial charge in [-0.25, -0.2) is 0 Å². The molecule has 0 bridgehead atoms. The van der Waals surface area contributed by atoms with Crippen LogP contribution >= 0.6 is 23.2 Å². The van der Waals surface area contributed by atoms with Crippen LogP contribution in [0.1, 0.15) is 40.1 Å². The van der Waals surface area contributed by atoms with Crippen LogP contribution < -0.4 is 16.2 Å². The van der Waals surface area contributed by atoms with Crippen molar-refractivity contribution in [2.24, 2.45) is 0 Å². The molecule has 5 N–H and O–H groups in total. The standard InChI is InChI=1S/C19H19Cl2N3O7/c1-8(2)23-17(29)14-15(27)13(16(28)22-6-12(25)26)18(30)24(19(14)31)7-9-3-4-10(20)5-11(9)21/h3-5,8,27,31H,6-7H2,1-2H3,(H,22,28)(H,23,29)(H,25,26). The van der Waals surface area contributed by atoms with Gasteiger partial charge in [0, 0.05) is 16.1 Å². The van der Waals surface area contributed by atoms with Gasteiger partial charge < -0.3 is 26.0 Å². The van der Waals surface area contributed by atoms with Gasteiger partial charge in [-0.1, -0.05) is 29.3 Å². The van der Waals surface area contributed by atoms with Gasteiger partial charge in [-0.15, -0.1) is 0 Å². The number of nitrogens with zero attached hydrogens (tertiary/aromatic N) is 1. The Bertz CT molecular complexity index is 1110. The zero-order chi connectivity index (χ0) is 23.5. The molecule has 31 heavy (non-hydrogen) atoms. The molecule has 10 nitrogen and oxygen atoms in total. The van der Waals surface area contributed by atoms with Crippen LogP contribution in [0.15, 0.2) is 23.0 Å². The summed E-state index contributed by atoms with van der Waals surface area (Å²) in [6, 6.07) is 3.95. The van der Waals surface area contributed by atoms with Gasteiger partial charge in [-0.05, 0) is 31.5 Å². The van der Waals surface area contributed by atoms with Crippen LogP contribution in [0.4, 0.5) is 0 Å². The maximum atomic E-state index is 12.9. The van der Waals surface area contributed by atoms with E-state index in [0.29, 0.717) is 15.2 Å². The topological polar surface area (TPSA) is 158 Å². The summed E-state index contributed by atoms with van der Waals surface area (Å²) in [6.07, 6.45) is 0. The average Bonchev–Trinajstić information content (AvgIpc) is 2.64. The van der Waals surface area contributed by atoms with E-state index in [1.807, 2.05) is 5.32 Å². The van der Waals surface area contributed by atoms with Gasteiger partial charge >= 0.3 is 5.97 Å². The van der Waals surface area contributed by atoms with Gasteiger partial charge in [0.05, 0.1) is 6.54 Å². The average molecular weight is 472 g/mol. The number of pyridine rings is 1. The Kier molecular flexibility index (Phi) is 7.53. The molecule has 0 spiro atoms. The monoisotopic (exact) mass is 471 g/mol. The first kappa shape index (κ1) is 24.0. The smallest absolute Gasteiger partial charge is 0.322 e. The normalized spacial score (nSPS) is 10.7. The highest BCUT2D eigenvalue weighted by molar-refractivity contribution is 6.35. The van der Waals surface area contributed by atoms with Crippen LogP contribution in [0.5, 0.6) is 11.6 Å². The molecule has 0 atom stereocenters. The predicted octanol–water partition coefficient (Wildman–Crippen LogP) is 1.57. The van der Waals surface area contributed by atoms with Crippen molar-refractivity contribution in [3.05, 3.63) is 55.3 Å². The van der Waals surface area contributed by atoms with Gasteiger partial charge in [0.25, 0.3) is 17.4 Å². The third kappa shape index (κ3) is 5.47. The second-order valence-corrected chi connectivity index (χ2v) is 7.60. The van der Waals surface area contributed by atoms with Crippen LogP contribution in [0.2, 0.25) is 10.0 Å². The van der Waals surface area contributed by atoms with E-state index in [0.717, 1.165) is 0 Å². The van der Waals surface area contributed by atoms with Crippen molar-refractivity contribution < 1.29 is 29.7 Å². The number of aromatic hydroxyl groups is 2. The molecular formula is C19H19Cl2N3O7. The number of nitrogens with one attached hydrogen (secondary N) is 2. The summed E-state index contributed by atoms with van der Waals surface area (Å²) in [4.78, 5) is 48.6. The molecule has 0 radical (unpaired) electrons. The van der Waals surface area contributed by atoms with E-state index < -0.39 is 58.7 Å². The number of hydrogen-bond donors (Lipinski definition) is 5. The molecule has 0 aliphatic heterocycles. The maximum Gasteiger partial charge on any atom is 0.322 e. The van der Waals surface area contributed by atoms with Crippen molar-refractivity contribution in [3.63, 3.8) is 0 Å². The number of aliphatic carboxylic acids is 1. The highest BCUT2D eigenvalue weighted by Crippen LogP contribution is 2.30. The van der Waals surface area contributed by atoms with Gasteiger partial charge in [0.1, 0.15) is 17.7 Å². The fraction of sp³-hybridized carbons (Fsp3) is 0.263. The Morgan fingerprint density at radius 3 is 2.29 bits per heavy atom. The Balaban J connectivity index is 2.71. The molecule has 0 saturated heterocycles. The van der Waals surface area contributed by atoms with Crippen molar-refractivity contribution in [2.45, 2.75) is 26.4 Å². The lowest BCUT2D eigenvalue weighted by atomic mass is 10.1. The van der Waals surface area contributed by atoms with Crippen molar-refractivity contribution in [1.82, 2.24) is 15.2 Å². The van der Waals surface area contributed by atoms with Crippen molar-refractivity contribution >= 4 is 41.0 Å². The number of rotatable bonds is 7. The Morgan fingerprint density at radius 2 is 1.74 bits per heavy atom. The molecule has 0 aliphatic rings. The molecule has 0 unspecified atom stereocenters. The third-order valence-corrected chi connectivity index (χ3v) is 4.62. The summed E-state index contributed by atoms with van der Waals surface area (Å²) in [5, 5.41) is 34.7. The first-order valence-corrected chi connectivity index (χ1v) is 9.63. The predicted molar refractivity (Wildman–Crippen MR) is 112 cm³/mol. The summed E-state index contributed by atoms with van der Waals surface area (Å²) in [7, 11) is 0. The van der Waals surface area contributed by atoms with Crippen LogP contribution in [0.3, 0.4) is 0 Å². The van der Waals surface area contributed by atoms with Crippen LogP contribution in [-0.4, -0.2) is 50.3 Å². The number of amides is 2. The minimum atomic E-state index is -1.39. The number of aromatic nitrogens is 1. The first-order chi connectivity index (χ1) is 14.4. The summed E-state index contributed by atoms with van der Waals surface area (Å²) in [5.41, 5.74) is -2.47. The number of carboxylic acids is 1. The Morgan fingerprint density at radius 1 is 1.10 bits per heavy atom. The summed E-state index contributed by atoms with van der Waals surface area (Å²) in [5.74, 6) is -5.56. The van der Waals surface area contributed by atoms with E-state index in [1.54, 1.807) is 13.8 Å². The highest BCUT2D eigenvalue weighted by Gasteiger charge is 2.30. The van der Waals surface area contributed by atoms with E-state index in [9.17, 15) is 29.4 Å². The van der Waals surface area contributed by atoms with Gasteiger partial charge in [-0.2, -0.15) is 0 Å². The largest absolute Gasteiger partial charge is 0.506 e. The van der Waals surface area contributed by atoms with Gasteiger partial charge in [-0.3, -0.25) is 23.7 Å². The maximum absolute atomic E-state index is 12.9. The van der Waals surface area contributed by atoms with E-state index in [-0.39, 0.29) is 11.6 Å². The van der Waals surface area contributed by atoms with E-state index in [4.69, 9.17) is 28.3 Å². The zero-order valence-electron chi connectivity index (χ0n) is 16.4. The SMILES string of the molecule is CC(C)NC(=O)c1c(O)c(C(=O)NCC(=O)O)c(=O)n(Cc2ccc(Cl)cc2Cl)c1O. The minimum Gasteiger partial charge on any atom is -0.506 e. The van der Waals surface area contributed by atoms with Crippen LogP contribution in [0.25, 0.3) is 0 Å². The molecule has 0 fully saturated rings. The first-order valence-electron chi connectivity index (χ1n) is 8.87. The van der Waals surface area contributed by atoms with E-state index >= 15 is 0 Å². The van der Waals surface area contributed by atoms with Crippen molar-refractivity contribution in [1.29, 1.82) is 0 Å². The lowest BCUT2D eigenvalue weighted by Gasteiger charge is -2.18. The van der Waals surface area contributed by atoms with Gasteiger partial charge in [0.2, 0.25) is 5.88 Å². The number of hydrogen-bond acceptors (Lipinski definition) is 6. The molecule has 1 heterocycles. The fourth-order valence-electron chi connectivity index (χ4n) is 2.66.